The first-order chi connectivity index (χ1) is 5.23. The van der Waals surface area contributed by atoms with Gasteiger partial charge >= 0.3 is 0 Å². The topological polar surface area (TPSA) is 31.0 Å². The Hall–Kier alpha value is 0.0969. The largest absolute Gasteiger partial charge is 0.369 e. The van der Waals surface area contributed by atoms with Gasteiger partial charge < -0.3 is 14.2 Å². The normalized spacial score (nSPS) is 29.7. The molecule has 1 aliphatic rings. The molecule has 1 heterocycles. The van der Waals surface area contributed by atoms with Gasteiger partial charge in [-0.25, -0.2) is 0 Å². The van der Waals surface area contributed by atoms with Crippen molar-refractivity contribution >= 4 is 10.2 Å². The highest BCUT2D eigenvalue weighted by Crippen LogP contribution is 2.29. The van der Waals surface area contributed by atoms with Crippen LogP contribution in [-0.4, -0.2) is 41.6 Å². The van der Waals surface area contributed by atoms with Gasteiger partial charge in [-0.05, 0) is 13.8 Å². The summed E-state index contributed by atoms with van der Waals surface area (Å²) in [4.78, 5) is 0. The Morgan fingerprint density at radius 3 is 2.18 bits per heavy atom. The number of epoxide rings is 1. The van der Waals surface area contributed by atoms with Crippen molar-refractivity contribution in [3.05, 3.63) is 0 Å². The van der Waals surface area contributed by atoms with Crippen LogP contribution in [0.5, 0.6) is 0 Å². The van der Waals surface area contributed by atoms with Crippen molar-refractivity contribution in [2.45, 2.75) is 25.4 Å². The van der Waals surface area contributed by atoms with E-state index >= 15 is 0 Å². The lowest BCUT2D eigenvalue weighted by Gasteiger charge is -2.20. The van der Waals surface area contributed by atoms with Gasteiger partial charge in [-0.15, -0.1) is 0 Å². The zero-order valence-corrected chi connectivity index (χ0v) is 9.42. The molecule has 0 radical (unpaired) electrons. The highest BCUT2D eigenvalue weighted by Gasteiger charge is 2.48. The minimum atomic E-state index is -0.121. The second-order valence-corrected chi connectivity index (χ2v) is 4.54. The molecule has 3 nitrogen and oxygen atoms in total. The van der Waals surface area contributed by atoms with Gasteiger partial charge in [-0.2, -0.15) is 0 Å². The third kappa shape index (κ3) is 2.26. The van der Waals surface area contributed by atoms with Crippen LogP contribution in [0.2, 0.25) is 0 Å². The fraction of sp³-hybridized carbons (Fsp3) is 1.00. The zero-order valence-electron chi connectivity index (χ0n) is 7.42. The van der Waals surface area contributed by atoms with Crippen molar-refractivity contribution in [1.29, 1.82) is 0 Å². The summed E-state index contributed by atoms with van der Waals surface area (Å²) in [5.41, 5.74) is 0. The molecule has 11 heavy (non-hydrogen) atoms. The van der Waals surface area contributed by atoms with Crippen LogP contribution in [0, 0.1) is 0 Å². The predicted octanol–water partition coefficient (Wildman–Crippen LogP) is -0.523. The fourth-order valence-electron chi connectivity index (χ4n) is 0.953. The first-order valence-electron chi connectivity index (χ1n) is 4.10. The van der Waals surface area contributed by atoms with Gasteiger partial charge in [0, 0.05) is 13.2 Å². The summed E-state index contributed by atoms with van der Waals surface area (Å²) in [6, 6.07) is 0. The molecule has 0 aromatic carbocycles. The molecule has 0 aliphatic carbocycles. The number of rotatable bonds is 5. The molecule has 0 amide bonds. The molecule has 0 aromatic rings. The van der Waals surface area contributed by atoms with Crippen molar-refractivity contribution in [1.82, 2.24) is 0 Å². The molecule has 1 fully saturated rings. The molecular formula is C7H16O3Si. The maximum atomic E-state index is 5.40. The maximum absolute atomic E-state index is 5.40. The molecule has 1 aliphatic heterocycles. The molecule has 0 aromatic heterocycles. The minimum Gasteiger partial charge on any atom is -0.369 e. The second-order valence-electron chi connectivity index (χ2n) is 2.84. The first kappa shape index (κ1) is 9.19. The average molecular weight is 176 g/mol. The number of hydrogen-bond acceptors (Lipinski definition) is 3. The lowest BCUT2D eigenvalue weighted by Crippen LogP contribution is -2.35. The van der Waals surface area contributed by atoms with E-state index < -0.39 is 0 Å². The van der Waals surface area contributed by atoms with Crippen molar-refractivity contribution in [3.8, 4) is 0 Å². The van der Waals surface area contributed by atoms with E-state index in [0.29, 0.717) is 13.2 Å². The monoisotopic (exact) mass is 176 g/mol. The third-order valence-corrected chi connectivity index (χ3v) is 2.78. The highest BCUT2D eigenvalue weighted by molar-refractivity contribution is 6.16. The molecule has 0 saturated carbocycles. The van der Waals surface area contributed by atoms with E-state index in [-0.39, 0.29) is 11.5 Å². The van der Waals surface area contributed by atoms with Crippen LogP contribution in [0.25, 0.3) is 0 Å². The summed E-state index contributed by atoms with van der Waals surface area (Å²) in [5.74, 6) is 0. The quantitative estimate of drug-likeness (QED) is 0.321. The molecule has 1 unspecified atom stereocenters. The Balaban J connectivity index is 2.32. The predicted molar refractivity (Wildman–Crippen MR) is 45.7 cm³/mol. The summed E-state index contributed by atoms with van der Waals surface area (Å²) in [6.07, 6.45) is -0.121. The number of ether oxygens (including phenoxy) is 3. The molecule has 4 heteroatoms. The van der Waals surface area contributed by atoms with E-state index in [2.05, 4.69) is 0 Å². The van der Waals surface area contributed by atoms with Crippen LogP contribution in [0.15, 0.2) is 0 Å². The van der Waals surface area contributed by atoms with E-state index in [9.17, 15) is 0 Å². The Morgan fingerprint density at radius 2 is 1.91 bits per heavy atom. The Labute approximate surface area is 70.4 Å². The van der Waals surface area contributed by atoms with Crippen molar-refractivity contribution < 1.29 is 14.2 Å². The summed E-state index contributed by atoms with van der Waals surface area (Å²) >= 11 is 0. The van der Waals surface area contributed by atoms with E-state index in [0.717, 1.165) is 16.8 Å². The lowest BCUT2D eigenvalue weighted by atomic mass is 10.4. The van der Waals surface area contributed by atoms with Crippen LogP contribution in [0.4, 0.5) is 0 Å². The fourth-order valence-corrected chi connectivity index (χ4v) is 1.43. The summed E-state index contributed by atoms with van der Waals surface area (Å²) in [7, 11) is 0.979. The van der Waals surface area contributed by atoms with Gasteiger partial charge in [-0.3, -0.25) is 0 Å². The Morgan fingerprint density at radius 1 is 1.45 bits per heavy atom. The molecule has 0 N–H and O–H groups in total. The Bertz CT molecular complexity index is 119. The van der Waals surface area contributed by atoms with E-state index in [1.165, 1.54) is 0 Å². The van der Waals surface area contributed by atoms with Crippen molar-refractivity contribution in [3.63, 3.8) is 0 Å². The average Bonchev–Trinajstić information content (AvgIpc) is 2.69. The maximum Gasteiger partial charge on any atom is 0.184 e. The molecule has 1 saturated heterocycles. The summed E-state index contributed by atoms with van der Waals surface area (Å²) in [6.45, 7) is 6.14. The van der Waals surface area contributed by atoms with E-state index in [1.54, 1.807) is 0 Å². The number of hydrogen-bond donors (Lipinski definition) is 0. The SMILES string of the molecule is CCOC(OCC)C1([SiH3])CO1. The molecule has 0 spiro atoms. The molecule has 66 valence electrons. The first-order valence-corrected chi connectivity index (χ1v) is 5.10. The van der Waals surface area contributed by atoms with E-state index in [4.69, 9.17) is 14.2 Å². The van der Waals surface area contributed by atoms with Gasteiger partial charge in [0.05, 0.1) is 16.8 Å². The minimum absolute atomic E-state index is 0.0357. The smallest absolute Gasteiger partial charge is 0.184 e. The van der Waals surface area contributed by atoms with Crippen LogP contribution < -0.4 is 0 Å². The summed E-state index contributed by atoms with van der Waals surface area (Å²) in [5, 5.41) is -0.0357. The van der Waals surface area contributed by atoms with Gasteiger partial charge in [0.15, 0.2) is 6.29 Å². The van der Waals surface area contributed by atoms with Crippen LogP contribution in [0.1, 0.15) is 13.8 Å². The van der Waals surface area contributed by atoms with Gasteiger partial charge in [0.2, 0.25) is 0 Å². The highest BCUT2D eigenvalue weighted by atomic mass is 28.1. The van der Waals surface area contributed by atoms with Crippen LogP contribution in [-0.2, 0) is 14.2 Å². The molecule has 1 atom stereocenters. The summed E-state index contributed by atoms with van der Waals surface area (Å²) < 4.78 is 16.1. The molecule has 1 rings (SSSR count). The van der Waals surface area contributed by atoms with Crippen molar-refractivity contribution in [2.75, 3.05) is 19.8 Å². The van der Waals surface area contributed by atoms with Crippen LogP contribution in [0.3, 0.4) is 0 Å². The third-order valence-electron chi connectivity index (χ3n) is 1.73. The Kier molecular flexibility index (Phi) is 3.06. The standard InChI is InChI=1S/C7H16O3Si/c1-3-8-6(9-4-2)7(11)5-10-7/h6H,3-5H2,1-2,11H3. The molecule has 0 bridgehead atoms. The lowest BCUT2D eigenvalue weighted by molar-refractivity contribution is -0.156. The zero-order chi connectivity index (χ0) is 8.32. The van der Waals surface area contributed by atoms with Crippen LogP contribution >= 0.6 is 0 Å². The van der Waals surface area contributed by atoms with Gasteiger partial charge in [0.1, 0.15) is 5.22 Å². The van der Waals surface area contributed by atoms with Crippen molar-refractivity contribution in [2.24, 2.45) is 0 Å². The van der Waals surface area contributed by atoms with Gasteiger partial charge in [-0.1, -0.05) is 0 Å². The van der Waals surface area contributed by atoms with E-state index in [1.807, 2.05) is 13.8 Å². The second kappa shape index (κ2) is 3.67. The molecular weight excluding hydrogens is 160 g/mol. The van der Waals surface area contributed by atoms with Gasteiger partial charge in [0.25, 0.3) is 0 Å².